The normalized spacial score (nSPS) is 42.0. The van der Waals surface area contributed by atoms with Gasteiger partial charge in [-0.3, -0.25) is 4.99 Å². The average molecular weight is 302 g/mol. The summed E-state index contributed by atoms with van der Waals surface area (Å²) in [5.41, 5.74) is -0.332. The molecule has 2 heterocycles. The lowest BCUT2D eigenvalue weighted by Crippen LogP contribution is -2.58. The predicted molar refractivity (Wildman–Crippen MR) is 76.5 cm³/mol. The molecule has 1 saturated carbocycles. The number of aliphatic imine (C=N–C) groups is 1. The first kappa shape index (κ1) is 14.6. The summed E-state index contributed by atoms with van der Waals surface area (Å²) in [4.78, 5) is 4.41. The lowest BCUT2D eigenvalue weighted by atomic mass is 9.94. The van der Waals surface area contributed by atoms with Crippen molar-refractivity contribution in [3.05, 3.63) is 0 Å². The molecule has 0 bridgehead atoms. The highest BCUT2D eigenvalue weighted by Crippen LogP contribution is 2.37. The van der Waals surface area contributed by atoms with Gasteiger partial charge in [0.05, 0.1) is 6.10 Å². The third kappa shape index (κ3) is 2.82. The Morgan fingerprint density at radius 3 is 2.80 bits per heavy atom. The van der Waals surface area contributed by atoms with Crippen LogP contribution in [0.25, 0.3) is 0 Å². The van der Waals surface area contributed by atoms with E-state index in [-0.39, 0.29) is 5.44 Å². The maximum absolute atomic E-state index is 10.2. The number of amidine groups is 1. The zero-order chi connectivity index (χ0) is 14.3. The number of nitrogens with one attached hydrogen (secondary N) is 1. The van der Waals surface area contributed by atoms with E-state index in [4.69, 9.17) is 4.74 Å². The summed E-state index contributed by atoms with van der Waals surface area (Å²) in [6.07, 6.45) is -0.609. The molecule has 0 radical (unpaired) electrons. The van der Waals surface area contributed by atoms with Gasteiger partial charge in [-0.1, -0.05) is 18.7 Å². The fourth-order valence-corrected chi connectivity index (χ4v) is 3.69. The van der Waals surface area contributed by atoms with Crippen LogP contribution in [0, 0.1) is 5.92 Å². The summed E-state index contributed by atoms with van der Waals surface area (Å²) in [5.74, 6) is 0.743. The molecule has 0 spiro atoms. The molecule has 3 aliphatic rings. The Morgan fingerprint density at radius 2 is 2.15 bits per heavy atom. The lowest BCUT2D eigenvalue weighted by molar-refractivity contribution is -0.185. The van der Waals surface area contributed by atoms with Crippen LogP contribution < -0.4 is 5.32 Å². The molecule has 6 nitrogen and oxygen atoms in total. The van der Waals surface area contributed by atoms with E-state index in [0.717, 1.165) is 17.6 Å². The van der Waals surface area contributed by atoms with Crippen molar-refractivity contribution in [3.8, 4) is 0 Å². The van der Waals surface area contributed by atoms with Gasteiger partial charge in [-0.2, -0.15) is 0 Å². The first-order valence-electron chi connectivity index (χ1n) is 7.28. The molecule has 3 rings (SSSR count). The maximum atomic E-state index is 10.2. The molecule has 1 aliphatic carbocycles. The van der Waals surface area contributed by atoms with Crippen LogP contribution in [0.4, 0.5) is 0 Å². The number of fused-ring (bicyclic) bond motifs is 1. The summed E-state index contributed by atoms with van der Waals surface area (Å²) in [5, 5.41) is 34.2. The van der Waals surface area contributed by atoms with Crippen molar-refractivity contribution in [3.63, 3.8) is 0 Å². The molecular weight excluding hydrogens is 280 g/mol. The smallest absolute Gasteiger partial charge is 0.159 e. The maximum Gasteiger partial charge on any atom is 0.159 e. The topological polar surface area (TPSA) is 94.3 Å². The van der Waals surface area contributed by atoms with Crippen LogP contribution in [0.15, 0.2) is 4.99 Å². The molecule has 2 fully saturated rings. The second-order valence-electron chi connectivity index (χ2n) is 5.79. The number of rotatable bonds is 4. The average Bonchev–Trinajstić information content (AvgIpc) is 3.19. The van der Waals surface area contributed by atoms with Crippen LogP contribution in [0.5, 0.6) is 0 Å². The summed E-state index contributed by atoms with van der Waals surface area (Å²) in [7, 11) is 0. The van der Waals surface area contributed by atoms with Gasteiger partial charge in [0.15, 0.2) is 5.17 Å². The van der Waals surface area contributed by atoms with Crippen molar-refractivity contribution in [2.24, 2.45) is 10.9 Å². The first-order valence-corrected chi connectivity index (χ1v) is 8.16. The minimum absolute atomic E-state index is 0.332. The minimum Gasteiger partial charge on any atom is -0.390 e. The van der Waals surface area contributed by atoms with Crippen LogP contribution in [0.3, 0.4) is 0 Å². The predicted octanol–water partition coefficient (Wildman–Crippen LogP) is -0.325. The molecule has 4 N–H and O–H groups in total. The second kappa shape index (κ2) is 5.81. The lowest BCUT2D eigenvalue weighted by Gasteiger charge is -2.40. The van der Waals surface area contributed by atoms with Crippen LogP contribution in [-0.2, 0) is 4.74 Å². The van der Waals surface area contributed by atoms with Crippen LogP contribution >= 0.6 is 11.8 Å². The molecule has 0 amide bonds. The highest BCUT2D eigenvalue weighted by atomic mass is 32.2. The number of hydrogen-bond acceptors (Lipinski definition) is 7. The van der Waals surface area contributed by atoms with Crippen molar-refractivity contribution in [2.45, 2.75) is 62.1 Å². The van der Waals surface area contributed by atoms with Gasteiger partial charge in [0.25, 0.3) is 0 Å². The largest absolute Gasteiger partial charge is 0.390 e. The monoisotopic (exact) mass is 302 g/mol. The molecule has 0 aromatic rings. The SMILES string of the molecule is CC[C@@H](O)[C@H]1O[C@@H]2SC(NCC3CC3)=N[C@@H]2[C@@H](O)C1O. The third-order valence-corrected chi connectivity index (χ3v) is 5.23. The van der Waals surface area contributed by atoms with E-state index in [1.807, 2.05) is 6.92 Å². The van der Waals surface area contributed by atoms with E-state index < -0.39 is 30.5 Å². The van der Waals surface area contributed by atoms with Crippen LogP contribution in [0.1, 0.15) is 26.2 Å². The number of hydrogen-bond donors (Lipinski definition) is 4. The fraction of sp³-hybridized carbons (Fsp3) is 0.923. The molecule has 1 saturated heterocycles. The second-order valence-corrected chi connectivity index (χ2v) is 6.88. The third-order valence-electron chi connectivity index (χ3n) is 4.14. The molecule has 0 aromatic carbocycles. The number of thioether (sulfide) groups is 1. The Balaban J connectivity index is 1.63. The number of aliphatic hydroxyl groups excluding tert-OH is 3. The van der Waals surface area contributed by atoms with Crippen LogP contribution in [-0.4, -0.2) is 62.9 Å². The fourth-order valence-electron chi connectivity index (χ4n) is 2.58. The van der Waals surface area contributed by atoms with Gasteiger partial charge >= 0.3 is 0 Å². The molecule has 1 unspecified atom stereocenters. The standard InChI is InChI=1S/C13H22N2O4S/c1-2-7(16)11-10(18)9(17)8-12(19-11)20-13(15-8)14-5-6-3-4-6/h6-12,16-18H,2-5H2,1H3,(H,14,15)/t7-,8-,9-,10?,11-,12-/m1/s1. The van der Waals surface area contributed by atoms with Crippen molar-refractivity contribution in [2.75, 3.05) is 6.54 Å². The number of aliphatic hydroxyl groups is 3. The van der Waals surface area contributed by atoms with Gasteiger partial charge in [-0.15, -0.1) is 0 Å². The van der Waals surface area contributed by atoms with Gasteiger partial charge in [-0.25, -0.2) is 0 Å². The van der Waals surface area contributed by atoms with E-state index in [2.05, 4.69) is 10.3 Å². The number of ether oxygens (including phenoxy) is 1. The molecule has 6 atom stereocenters. The molecule has 7 heteroatoms. The molecule has 2 aliphatic heterocycles. The Hall–Kier alpha value is -0.340. The van der Waals surface area contributed by atoms with Crippen molar-refractivity contribution < 1.29 is 20.1 Å². The number of nitrogens with zero attached hydrogens (tertiary/aromatic N) is 1. The molecule has 114 valence electrons. The minimum atomic E-state index is -1.10. The van der Waals surface area contributed by atoms with Gasteiger partial charge < -0.3 is 25.4 Å². The molecule has 0 aromatic heterocycles. The Morgan fingerprint density at radius 1 is 1.40 bits per heavy atom. The highest BCUT2D eigenvalue weighted by Gasteiger charge is 2.49. The van der Waals surface area contributed by atoms with E-state index in [9.17, 15) is 15.3 Å². The summed E-state index contributed by atoms with van der Waals surface area (Å²) in [6.45, 7) is 2.73. The van der Waals surface area contributed by atoms with Crippen molar-refractivity contribution >= 4 is 16.9 Å². The summed E-state index contributed by atoms with van der Waals surface area (Å²) >= 11 is 1.44. The van der Waals surface area contributed by atoms with Crippen LogP contribution in [0.2, 0.25) is 0 Å². The van der Waals surface area contributed by atoms with Gasteiger partial charge in [-0.05, 0) is 25.2 Å². The van der Waals surface area contributed by atoms with Gasteiger partial charge in [0.1, 0.15) is 29.8 Å². The van der Waals surface area contributed by atoms with Gasteiger partial charge in [0, 0.05) is 6.54 Å². The summed E-state index contributed by atoms with van der Waals surface area (Å²) < 4.78 is 5.75. The van der Waals surface area contributed by atoms with Crippen molar-refractivity contribution in [1.82, 2.24) is 5.32 Å². The quantitative estimate of drug-likeness (QED) is 0.568. The Bertz CT molecular complexity index is 391. The Labute approximate surface area is 122 Å². The first-order chi connectivity index (χ1) is 9.60. The van der Waals surface area contributed by atoms with E-state index in [1.165, 1.54) is 24.6 Å². The van der Waals surface area contributed by atoms with E-state index >= 15 is 0 Å². The zero-order valence-corrected chi connectivity index (χ0v) is 12.3. The van der Waals surface area contributed by atoms with Crippen molar-refractivity contribution in [1.29, 1.82) is 0 Å². The van der Waals surface area contributed by atoms with Gasteiger partial charge in [0.2, 0.25) is 0 Å². The van der Waals surface area contributed by atoms with E-state index in [0.29, 0.717) is 6.42 Å². The summed E-state index contributed by atoms with van der Waals surface area (Å²) in [6, 6.07) is -0.461. The highest BCUT2D eigenvalue weighted by molar-refractivity contribution is 8.14. The molecular formula is C13H22N2O4S. The zero-order valence-electron chi connectivity index (χ0n) is 11.5. The van der Waals surface area contributed by atoms with E-state index in [1.54, 1.807) is 0 Å². The Kier molecular flexibility index (Phi) is 4.24. The molecule has 20 heavy (non-hydrogen) atoms.